The smallest absolute Gasteiger partial charge is 0.265 e. The highest BCUT2D eigenvalue weighted by Gasteiger charge is 2.32. The van der Waals surface area contributed by atoms with E-state index >= 15 is 0 Å². The lowest BCUT2D eigenvalue weighted by atomic mass is 9.93. The Morgan fingerprint density at radius 1 is 1.53 bits per heavy atom. The van der Waals surface area contributed by atoms with E-state index in [4.69, 9.17) is 5.73 Å². The van der Waals surface area contributed by atoms with Crippen molar-refractivity contribution in [1.29, 1.82) is 0 Å². The number of nitrogens with two attached hydrogens (primary N) is 1. The highest BCUT2D eigenvalue weighted by Crippen LogP contribution is 2.37. The largest absolute Gasteiger partial charge is 0.382 e. The molecule has 0 spiro atoms. The monoisotopic (exact) mass is 280 g/mol. The second-order valence-electron chi connectivity index (χ2n) is 5.69. The Balaban J connectivity index is 1.57. The number of rotatable bonds is 5. The number of nitrogen functional groups attached to an aromatic ring is 1. The molecule has 0 aliphatic heterocycles. The van der Waals surface area contributed by atoms with Gasteiger partial charge in [0, 0.05) is 12.6 Å². The number of hydrogen-bond donors (Lipinski definition) is 3. The third-order valence-corrected chi connectivity index (χ3v) is 5.09. The molecular weight excluding hydrogens is 260 g/mol. The third-order valence-electron chi connectivity index (χ3n) is 4.09. The number of nitrogens with zero attached hydrogens (tertiary/aromatic N) is 1. The van der Waals surface area contributed by atoms with Gasteiger partial charge in [-0.25, -0.2) is 4.98 Å². The van der Waals surface area contributed by atoms with Gasteiger partial charge < -0.3 is 16.4 Å². The molecule has 2 fully saturated rings. The normalized spacial score (nSPS) is 25.7. The van der Waals surface area contributed by atoms with Crippen LogP contribution in [-0.2, 0) is 0 Å². The molecule has 2 saturated carbocycles. The first-order chi connectivity index (χ1) is 9.13. The molecule has 5 nitrogen and oxygen atoms in total. The van der Waals surface area contributed by atoms with Gasteiger partial charge in [-0.15, -0.1) is 0 Å². The zero-order valence-corrected chi connectivity index (χ0v) is 11.9. The SMILES string of the molecule is CC1CC1CNC(=O)c1sc(NC2CCC2)nc1N. The molecule has 6 heteroatoms. The van der Waals surface area contributed by atoms with Gasteiger partial charge in [-0.2, -0.15) is 0 Å². The number of aromatic nitrogens is 1. The number of nitrogens with one attached hydrogen (secondary N) is 2. The Labute approximate surface area is 117 Å². The number of carbonyl (C=O) groups is 1. The van der Waals surface area contributed by atoms with Crippen LogP contribution >= 0.6 is 11.3 Å². The van der Waals surface area contributed by atoms with Crippen LogP contribution < -0.4 is 16.4 Å². The summed E-state index contributed by atoms with van der Waals surface area (Å²) in [6.45, 7) is 2.96. The van der Waals surface area contributed by atoms with Crippen LogP contribution in [0.3, 0.4) is 0 Å². The first kappa shape index (κ1) is 12.7. The summed E-state index contributed by atoms with van der Waals surface area (Å²) in [7, 11) is 0. The van der Waals surface area contributed by atoms with Crippen molar-refractivity contribution < 1.29 is 4.79 Å². The first-order valence-corrected chi connectivity index (χ1v) is 7.76. The van der Waals surface area contributed by atoms with E-state index in [-0.39, 0.29) is 5.91 Å². The maximum absolute atomic E-state index is 12.0. The summed E-state index contributed by atoms with van der Waals surface area (Å²) in [6, 6.07) is 0.508. The van der Waals surface area contributed by atoms with E-state index in [1.165, 1.54) is 37.0 Å². The fourth-order valence-electron chi connectivity index (χ4n) is 2.27. The highest BCUT2D eigenvalue weighted by atomic mass is 32.1. The summed E-state index contributed by atoms with van der Waals surface area (Å²) >= 11 is 1.36. The molecule has 2 aliphatic rings. The molecule has 0 bridgehead atoms. The summed E-state index contributed by atoms with van der Waals surface area (Å²) in [5.41, 5.74) is 5.83. The molecule has 0 saturated heterocycles. The first-order valence-electron chi connectivity index (χ1n) is 6.94. The molecule has 19 heavy (non-hydrogen) atoms. The van der Waals surface area contributed by atoms with E-state index < -0.39 is 0 Å². The zero-order chi connectivity index (χ0) is 13.4. The molecule has 3 rings (SSSR count). The number of carbonyl (C=O) groups excluding carboxylic acids is 1. The molecule has 2 atom stereocenters. The van der Waals surface area contributed by atoms with Crippen molar-refractivity contribution in [3.05, 3.63) is 4.88 Å². The van der Waals surface area contributed by atoms with Gasteiger partial charge >= 0.3 is 0 Å². The van der Waals surface area contributed by atoms with Crippen LogP contribution in [0.1, 0.15) is 42.3 Å². The van der Waals surface area contributed by atoms with Crippen LogP contribution in [0.2, 0.25) is 0 Å². The topological polar surface area (TPSA) is 80.0 Å². The average molecular weight is 280 g/mol. The lowest BCUT2D eigenvalue weighted by Gasteiger charge is -2.25. The summed E-state index contributed by atoms with van der Waals surface area (Å²) < 4.78 is 0. The van der Waals surface area contributed by atoms with Crippen LogP contribution in [0.15, 0.2) is 0 Å². The van der Waals surface area contributed by atoms with Gasteiger partial charge in [-0.05, 0) is 37.5 Å². The number of amides is 1. The molecule has 1 heterocycles. The molecule has 2 aliphatic carbocycles. The molecule has 1 amide bonds. The molecule has 1 aromatic heterocycles. The van der Waals surface area contributed by atoms with Crippen LogP contribution in [-0.4, -0.2) is 23.5 Å². The van der Waals surface area contributed by atoms with Gasteiger partial charge in [-0.1, -0.05) is 18.3 Å². The van der Waals surface area contributed by atoms with E-state index in [2.05, 4.69) is 22.5 Å². The van der Waals surface area contributed by atoms with Crippen LogP contribution in [0.5, 0.6) is 0 Å². The van der Waals surface area contributed by atoms with Crippen molar-refractivity contribution in [2.24, 2.45) is 11.8 Å². The quantitative estimate of drug-likeness (QED) is 0.771. The Kier molecular flexibility index (Phi) is 3.35. The molecule has 0 radical (unpaired) electrons. The molecule has 0 aromatic carbocycles. The van der Waals surface area contributed by atoms with Crippen molar-refractivity contribution in [2.45, 2.75) is 38.6 Å². The number of thiazole rings is 1. The summed E-state index contributed by atoms with van der Waals surface area (Å²) in [4.78, 5) is 16.8. The predicted octanol–water partition coefficient (Wildman–Crippen LogP) is 2.08. The van der Waals surface area contributed by atoms with Gasteiger partial charge in [-0.3, -0.25) is 4.79 Å². The van der Waals surface area contributed by atoms with Crippen LogP contribution in [0.25, 0.3) is 0 Å². The summed E-state index contributed by atoms with van der Waals surface area (Å²) in [5.74, 6) is 1.64. The minimum absolute atomic E-state index is 0.0873. The van der Waals surface area contributed by atoms with Crippen LogP contribution in [0.4, 0.5) is 10.9 Å². The Bertz CT molecular complexity index is 483. The van der Waals surface area contributed by atoms with E-state index in [0.717, 1.165) is 17.6 Å². The van der Waals surface area contributed by atoms with Gasteiger partial charge in [0.1, 0.15) is 10.7 Å². The minimum Gasteiger partial charge on any atom is -0.382 e. The minimum atomic E-state index is -0.0873. The second-order valence-corrected chi connectivity index (χ2v) is 6.69. The fraction of sp³-hybridized carbons (Fsp3) is 0.692. The molecule has 4 N–H and O–H groups in total. The van der Waals surface area contributed by atoms with Gasteiger partial charge in [0.25, 0.3) is 5.91 Å². The average Bonchev–Trinajstić information content (AvgIpc) is 2.89. The van der Waals surface area contributed by atoms with Gasteiger partial charge in [0.2, 0.25) is 0 Å². The molecular formula is C13H20N4OS. The van der Waals surface area contributed by atoms with Gasteiger partial charge in [0.05, 0.1) is 0 Å². The molecule has 1 aromatic rings. The zero-order valence-electron chi connectivity index (χ0n) is 11.1. The van der Waals surface area contributed by atoms with E-state index in [1.807, 2.05) is 0 Å². The van der Waals surface area contributed by atoms with Crippen molar-refractivity contribution in [2.75, 3.05) is 17.6 Å². The summed E-state index contributed by atoms with van der Waals surface area (Å²) in [6.07, 6.45) is 4.85. The van der Waals surface area contributed by atoms with Crippen molar-refractivity contribution in [3.63, 3.8) is 0 Å². The predicted molar refractivity (Wildman–Crippen MR) is 77.4 cm³/mol. The third kappa shape index (κ3) is 2.83. The Morgan fingerprint density at radius 2 is 2.26 bits per heavy atom. The maximum Gasteiger partial charge on any atom is 0.265 e. The number of anilines is 2. The maximum atomic E-state index is 12.0. The fourth-order valence-corrected chi connectivity index (χ4v) is 3.15. The van der Waals surface area contributed by atoms with Gasteiger partial charge in [0.15, 0.2) is 5.13 Å². The number of hydrogen-bond acceptors (Lipinski definition) is 5. The van der Waals surface area contributed by atoms with Crippen molar-refractivity contribution in [1.82, 2.24) is 10.3 Å². The highest BCUT2D eigenvalue weighted by molar-refractivity contribution is 7.18. The second kappa shape index (κ2) is 5.00. The van der Waals surface area contributed by atoms with Crippen molar-refractivity contribution >= 4 is 28.2 Å². The van der Waals surface area contributed by atoms with E-state index in [9.17, 15) is 4.79 Å². The Hall–Kier alpha value is -1.30. The lowest BCUT2D eigenvalue weighted by molar-refractivity contribution is 0.0956. The molecule has 104 valence electrons. The molecule has 2 unspecified atom stereocenters. The lowest BCUT2D eigenvalue weighted by Crippen LogP contribution is -2.26. The van der Waals surface area contributed by atoms with Crippen LogP contribution in [0, 0.1) is 11.8 Å². The van der Waals surface area contributed by atoms with E-state index in [1.54, 1.807) is 0 Å². The standard InChI is InChI=1S/C13H20N4OS/c1-7-5-8(7)6-15-12(18)10-11(14)17-13(19-10)16-9-3-2-4-9/h7-9H,2-6,14H2,1H3,(H,15,18)(H,16,17). The van der Waals surface area contributed by atoms with Crippen molar-refractivity contribution in [3.8, 4) is 0 Å². The Morgan fingerprint density at radius 3 is 2.84 bits per heavy atom. The summed E-state index contributed by atoms with van der Waals surface area (Å²) in [5, 5.41) is 7.05. The van der Waals surface area contributed by atoms with E-state index in [0.29, 0.717) is 22.7 Å².